The zero-order valence-electron chi connectivity index (χ0n) is 15.6. The SMILES string of the molecule is Cc1cccc(NC(=O)CN2C(=O)COc3ccc(-c4csc(C)n4)cc32)c1. The monoisotopic (exact) mass is 393 g/mol. The third-order valence-electron chi connectivity index (χ3n) is 4.42. The summed E-state index contributed by atoms with van der Waals surface area (Å²) in [6, 6.07) is 13.1. The van der Waals surface area contributed by atoms with Crippen LogP contribution in [0.5, 0.6) is 5.75 Å². The number of benzene rings is 2. The van der Waals surface area contributed by atoms with Crippen molar-refractivity contribution in [1.82, 2.24) is 4.98 Å². The van der Waals surface area contributed by atoms with E-state index in [1.165, 1.54) is 4.90 Å². The molecule has 6 nitrogen and oxygen atoms in total. The molecule has 0 radical (unpaired) electrons. The Bertz CT molecular complexity index is 1060. The van der Waals surface area contributed by atoms with Gasteiger partial charge in [-0.1, -0.05) is 12.1 Å². The Hall–Kier alpha value is -3.19. The smallest absolute Gasteiger partial charge is 0.265 e. The highest BCUT2D eigenvalue weighted by Gasteiger charge is 2.28. The summed E-state index contributed by atoms with van der Waals surface area (Å²) in [5.41, 5.74) is 4.06. The summed E-state index contributed by atoms with van der Waals surface area (Å²) >= 11 is 1.56. The van der Waals surface area contributed by atoms with Gasteiger partial charge in [0, 0.05) is 16.6 Å². The Balaban J connectivity index is 1.59. The maximum absolute atomic E-state index is 12.5. The molecule has 1 aliphatic heterocycles. The molecule has 0 fully saturated rings. The number of hydrogen-bond acceptors (Lipinski definition) is 5. The van der Waals surface area contributed by atoms with E-state index in [0.29, 0.717) is 17.1 Å². The first-order valence-electron chi connectivity index (χ1n) is 8.86. The summed E-state index contributed by atoms with van der Waals surface area (Å²) in [5, 5.41) is 5.78. The van der Waals surface area contributed by atoms with Crippen LogP contribution in [0.25, 0.3) is 11.3 Å². The van der Waals surface area contributed by atoms with Crippen LogP contribution in [0.2, 0.25) is 0 Å². The molecular formula is C21H19N3O3S. The van der Waals surface area contributed by atoms with E-state index in [-0.39, 0.29) is 25.0 Å². The first-order valence-corrected chi connectivity index (χ1v) is 9.74. The van der Waals surface area contributed by atoms with Gasteiger partial charge in [-0.05, 0) is 49.7 Å². The van der Waals surface area contributed by atoms with Crippen molar-refractivity contribution in [1.29, 1.82) is 0 Å². The van der Waals surface area contributed by atoms with Crippen molar-refractivity contribution >= 4 is 34.5 Å². The third kappa shape index (κ3) is 3.75. The molecule has 2 aromatic carbocycles. The van der Waals surface area contributed by atoms with Gasteiger partial charge in [0.25, 0.3) is 5.91 Å². The van der Waals surface area contributed by atoms with E-state index < -0.39 is 0 Å². The molecule has 0 spiro atoms. The molecule has 0 aliphatic carbocycles. The summed E-state index contributed by atoms with van der Waals surface area (Å²) in [4.78, 5) is 31.0. The first kappa shape index (κ1) is 18.2. The summed E-state index contributed by atoms with van der Waals surface area (Å²) in [6.45, 7) is 3.74. The fraction of sp³-hybridized carbons (Fsp3) is 0.190. The van der Waals surface area contributed by atoms with Gasteiger partial charge in [-0.15, -0.1) is 11.3 Å². The third-order valence-corrected chi connectivity index (χ3v) is 5.19. The van der Waals surface area contributed by atoms with Gasteiger partial charge >= 0.3 is 0 Å². The summed E-state index contributed by atoms with van der Waals surface area (Å²) in [5.74, 6) is 0.0684. The first-order chi connectivity index (χ1) is 13.5. The fourth-order valence-electron chi connectivity index (χ4n) is 3.10. The zero-order valence-corrected chi connectivity index (χ0v) is 16.4. The number of fused-ring (bicyclic) bond motifs is 1. The molecule has 2 amide bonds. The van der Waals surface area contributed by atoms with Gasteiger partial charge in [0.1, 0.15) is 12.3 Å². The lowest BCUT2D eigenvalue weighted by molar-refractivity contribution is -0.123. The van der Waals surface area contributed by atoms with E-state index in [1.807, 2.05) is 61.7 Å². The van der Waals surface area contributed by atoms with Crippen LogP contribution in [0.4, 0.5) is 11.4 Å². The Morgan fingerprint density at radius 2 is 2.11 bits per heavy atom. The van der Waals surface area contributed by atoms with Crippen molar-refractivity contribution < 1.29 is 14.3 Å². The van der Waals surface area contributed by atoms with Gasteiger partial charge < -0.3 is 10.1 Å². The minimum atomic E-state index is -0.262. The van der Waals surface area contributed by atoms with E-state index >= 15 is 0 Å². The highest BCUT2D eigenvalue weighted by atomic mass is 32.1. The second-order valence-corrected chi connectivity index (χ2v) is 7.68. The van der Waals surface area contributed by atoms with E-state index in [2.05, 4.69) is 10.3 Å². The molecule has 28 heavy (non-hydrogen) atoms. The van der Waals surface area contributed by atoms with Crippen molar-refractivity contribution in [2.45, 2.75) is 13.8 Å². The topological polar surface area (TPSA) is 71.5 Å². The second-order valence-electron chi connectivity index (χ2n) is 6.62. The number of anilines is 2. The van der Waals surface area contributed by atoms with Crippen LogP contribution in [0.1, 0.15) is 10.6 Å². The van der Waals surface area contributed by atoms with Crippen molar-refractivity contribution in [2.75, 3.05) is 23.4 Å². The summed E-state index contributed by atoms with van der Waals surface area (Å²) < 4.78 is 5.54. The Labute approximate surface area is 166 Å². The van der Waals surface area contributed by atoms with Gasteiger partial charge in [-0.2, -0.15) is 0 Å². The molecule has 1 aromatic heterocycles. The van der Waals surface area contributed by atoms with Gasteiger partial charge in [-0.3, -0.25) is 14.5 Å². The second kappa shape index (κ2) is 7.44. The molecule has 3 aromatic rings. The number of carbonyl (C=O) groups is 2. The average molecular weight is 393 g/mol. The number of carbonyl (C=O) groups excluding carboxylic acids is 2. The fourth-order valence-corrected chi connectivity index (χ4v) is 3.72. The Morgan fingerprint density at radius 1 is 1.25 bits per heavy atom. The minimum absolute atomic E-state index is 0.0807. The summed E-state index contributed by atoms with van der Waals surface area (Å²) in [7, 11) is 0. The highest BCUT2D eigenvalue weighted by molar-refractivity contribution is 7.09. The van der Waals surface area contributed by atoms with Crippen LogP contribution < -0.4 is 15.0 Å². The lowest BCUT2D eigenvalue weighted by atomic mass is 10.1. The van der Waals surface area contributed by atoms with Gasteiger partial charge in [0.05, 0.1) is 16.4 Å². The van der Waals surface area contributed by atoms with E-state index in [4.69, 9.17) is 4.74 Å². The van der Waals surface area contributed by atoms with Crippen LogP contribution in [0.3, 0.4) is 0 Å². The quantitative estimate of drug-likeness (QED) is 0.732. The number of ether oxygens (including phenoxy) is 1. The van der Waals surface area contributed by atoms with Crippen LogP contribution >= 0.6 is 11.3 Å². The summed E-state index contributed by atoms with van der Waals surface area (Å²) in [6.07, 6.45) is 0. The Kier molecular flexibility index (Phi) is 4.83. The molecule has 4 rings (SSSR count). The van der Waals surface area contributed by atoms with Crippen molar-refractivity contribution in [3.05, 3.63) is 58.4 Å². The minimum Gasteiger partial charge on any atom is -0.482 e. The molecule has 2 heterocycles. The zero-order chi connectivity index (χ0) is 19.7. The number of aryl methyl sites for hydroxylation is 2. The Morgan fingerprint density at radius 3 is 2.86 bits per heavy atom. The lowest BCUT2D eigenvalue weighted by Gasteiger charge is -2.29. The number of nitrogens with zero attached hydrogens (tertiary/aromatic N) is 2. The van der Waals surface area contributed by atoms with Gasteiger partial charge in [-0.25, -0.2) is 4.98 Å². The van der Waals surface area contributed by atoms with E-state index in [0.717, 1.165) is 21.8 Å². The molecule has 0 atom stereocenters. The van der Waals surface area contributed by atoms with Crippen molar-refractivity contribution in [3.8, 4) is 17.0 Å². The molecular weight excluding hydrogens is 374 g/mol. The van der Waals surface area contributed by atoms with Gasteiger partial charge in [0.15, 0.2) is 6.61 Å². The molecule has 0 saturated carbocycles. The number of thiazole rings is 1. The standard InChI is InChI=1S/C21H19N3O3S/c1-13-4-3-5-16(8-13)23-20(25)10-24-18-9-15(17-12-28-14(2)22-17)6-7-19(18)27-11-21(24)26/h3-9,12H,10-11H2,1-2H3,(H,23,25). The molecule has 1 N–H and O–H groups in total. The lowest BCUT2D eigenvalue weighted by Crippen LogP contribution is -2.43. The molecule has 0 saturated heterocycles. The highest BCUT2D eigenvalue weighted by Crippen LogP contribution is 2.36. The van der Waals surface area contributed by atoms with Crippen LogP contribution in [0, 0.1) is 13.8 Å². The molecule has 0 unspecified atom stereocenters. The van der Waals surface area contributed by atoms with Crippen molar-refractivity contribution in [2.24, 2.45) is 0 Å². The maximum atomic E-state index is 12.5. The molecule has 142 valence electrons. The van der Waals surface area contributed by atoms with Crippen LogP contribution in [0.15, 0.2) is 47.8 Å². The number of amides is 2. The number of aromatic nitrogens is 1. The number of hydrogen-bond donors (Lipinski definition) is 1. The van der Waals surface area contributed by atoms with E-state index in [9.17, 15) is 9.59 Å². The number of rotatable bonds is 4. The van der Waals surface area contributed by atoms with E-state index in [1.54, 1.807) is 11.3 Å². The average Bonchev–Trinajstić information content (AvgIpc) is 3.10. The molecule has 1 aliphatic rings. The number of nitrogens with one attached hydrogen (secondary N) is 1. The predicted molar refractivity (Wildman–Crippen MR) is 110 cm³/mol. The maximum Gasteiger partial charge on any atom is 0.265 e. The molecule has 7 heteroatoms. The largest absolute Gasteiger partial charge is 0.482 e. The van der Waals surface area contributed by atoms with Crippen LogP contribution in [-0.2, 0) is 9.59 Å². The van der Waals surface area contributed by atoms with Gasteiger partial charge in [0.2, 0.25) is 5.91 Å². The van der Waals surface area contributed by atoms with Crippen molar-refractivity contribution in [3.63, 3.8) is 0 Å². The van der Waals surface area contributed by atoms with Crippen LogP contribution in [-0.4, -0.2) is 29.9 Å². The normalized spacial score (nSPS) is 13.1. The molecule has 0 bridgehead atoms. The predicted octanol–water partition coefficient (Wildman–Crippen LogP) is 3.79.